The fraction of sp³-hybridized carbons (Fsp3) is 0.286. The van der Waals surface area contributed by atoms with Crippen LogP contribution in [0.1, 0.15) is 28.9 Å². The van der Waals surface area contributed by atoms with Crippen LogP contribution in [0.15, 0.2) is 83.8 Å². The van der Waals surface area contributed by atoms with Gasteiger partial charge in [-0.2, -0.15) is 0 Å². The molecule has 3 heterocycles. The molecule has 238 valence electrons. The van der Waals surface area contributed by atoms with Gasteiger partial charge in [-0.15, -0.1) is 0 Å². The number of carbonyl (C=O) groups excluding carboxylic acids is 1. The summed E-state index contributed by atoms with van der Waals surface area (Å²) in [5.74, 6) is -0.212. The molecule has 0 saturated carbocycles. The van der Waals surface area contributed by atoms with Crippen LogP contribution in [0.3, 0.4) is 0 Å². The van der Waals surface area contributed by atoms with Gasteiger partial charge in [0.25, 0.3) is 0 Å². The number of urea groups is 1. The van der Waals surface area contributed by atoms with Gasteiger partial charge in [0, 0.05) is 62.0 Å². The summed E-state index contributed by atoms with van der Waals surface area (Å²) in [6.45, 7) is 1.28. The van der Waals surface area contributed by atoms with Crippen molar-refractivity contribution in [1.29, 1.82) is 0 Å². The second-order valence-electron chi connectivity index (χ2n) is 11.4. The van der Waals surface area contributed by atoms with Gasteiger partial charge in [-0.05, 0) is 60.9 Å². The van der Waals surface area contributed by atoms with Gasteiger partial charge >= 0.3 is 12.0 Å². The summed E-state index contributed by atoms with van der Waals surface area (Å²) in [6.07, 6.45) is 2.28. The number of amides is 2. The number of rotatable bonds is 10. The van der Waals surface area contributed by atoms with Crippen molar-refractivity contribution in [3.8, 4) is 22.8 Å². The van der Waals surface area contributed by atoms with Gasteiger partial charge < -0.3 is 29.7 Å². The maximum absolute atomic E-state index is 13.6. The average molecular weight is 640 g/mol. The predicted molar refractivity (Wildman–Crippen MR) is 182 cm³/mol. The Bertz CT molecular complexity index is 1750. The lowest BCUT2D eigenvalue weighted by Crippen LogP contribution is -2.49. The fourth-order valence-electron chi connectivity index (χ4n) is 5.59. The minimum absolute atomic E-state index is 0.162. The van der Waals surface area contributed by atoms with Crippen molar-refractivity contribution in [2.24, 2.45) is 0 Å². The Balaban J connectivity index is 1.12. The van der Waals surface area contributed by atoms with Gasteiger partial charge in [0.05, 0.1) is 24.6 Å². The normalized spacial score (nSPS) is 15.2. The van der Waals surface area contributed by atoms with Crippen molar-refractivity contribution in [1.82, 2.24) is 10.3 Å². The molecule has 2 N–H and O–H groups in total. The van der Waals surface area contributed by atoms with Crippen molar-refractivity contribution < 1.29 is 24.2 Å². The summed E-state index contributed by atoms with van der Waals surface area (Å²) in [4.78, 5) is 37.2. The first kappa shape index (κ1) is 31.1. The van der Waals surface area contributed by atoms with E-state index in [1.54, 1.807) is 28.8 Å². The van der Waals surface area contributed by atoms with E-state index in [4.69, 9.17) is 9.47 Å². The minimum Gasteiger partial charge on any atom is -0.493 e. The maximum atomic E-state index is 13.6. The highest BCUT2D eigenvalue weighted by Gasteiger charge is 2.31. The highest BCUT2D eigenvalue weighted by atomic mass is 32.2. The number of carboxylic acid groups (broad SMARTS) is 1. The second-order valence-corrected chi connectivity index (χ2v) is 12.5. The lowest BCUT2D eigenvalue weighted by Gasteiger charge is -2.32. The van der Waals surface area contributed by atoms with Gasteiger partial charge in [0.15, 0.2) is 16.9 Å². The van der Waals surface area contributed by atoms with Crippen LogP contribution in [0.2, 0.25) is 0 Å². The van der Waals surface area contributed by atoms with E-state index in [9.17, 15) is 14.7 Å². The number of hydrogen-bond acceptors (Lipinski definition) is 8. The number of aromatic nitrogens is 1. The van der Waals surface area contributed by atoms with Crippen LogP contribution in [0.4, 0.5) is 21.9 Å². The number of hydrogen-bond donors (Lipinski definition) is 2. The van der Waals surface area contributed by atoms with Crippen LogP contribution in [0.5, 0.6) is 11.5 Å². The molecule has 0 radical (unpaired) electrons. The molecule has 1 unspecified atom stereocenters. The van der Waals surface area contributed by atoms with Crippen molar-refractivity contribution in [2.45, 2.75) is 29.7 Å². The Labute approximate surface area is 272 Å². The number of carbonyl (C=O) groups is 2. The summed E-state index contributed by atoms with van der Waals surface area (Å²) >= 11 is 1.61. The zero-order valence-corrected chi connectivity index (χ0v) is 26.9. The van der Waals surface area contributed by atoms with Gasteiger partial charge in [0.1, 0.15) is 5.75 Å². The average Bonchev–Trinajstić information content (AvgIpc) is 3.38. The number of aryl methyl sites for hydroxylation is 1. The molecule has 1 atom stereocenters. The number of nitrogens with zero attached hydrogens (tertiary/aromatic N) is 4. The third-order valence-corrected chi connectivity index (χ3v) is 9.29. The summed E-state index contributed by atoms with van der Waals surface area (Å²) in [6, 6.07) is 25.0. The summed E-state index contributed by atoms with van der Waals surface area (Å²) in [7, 11) is 5.92. The van der Waals surface area contributed by atoms with Gasteiger partial charge in [-0.1, -0.05) is 42.1 Å². The molecule has 0 saturated heterocycles. The predicted octanol–water partition coefficient (Wildman–Crippen LogP) is 6.35. The molecule has 3 aromatic carbocycles. The number of carboxylic acids is 1. The summed E-state index contributed by atoms with van der Waals surface area (Å²) in [5.41, 5.74) is 4.84. The van der Waals surface area contributed by atoms with Crippen LogP contribution in [-0.4, -0.2) is 68.5 Å². The van der Waals surface area contributed by atoms with Gasteiger partial charge in [-0.25, -0.2) is 14.6 Å². The van der Waals surface area contributed by atoms with E-state index < -0.39 is 5.97 Å². The number of ether oxygens (including phenoxy) is 2. The zero-order valence-electron chi connectivity index (χ0n) is 26.1. The van der Waals surface area contributed by atoms with Crippen LogP contribution in [-0.2, 0) is 6.42 Å². The molecular weight excluding hydrogens is 602 g/mol. The van der Waals surface area contributed by atoms with Crippen molar-refractivity contribution in [3.63, 3.8) is 0 Å². The standard InChI is InChI=1S/C35H37N5O5S/c1-38(2)25-10-6-11-26(22-25)44-19-8-20-45-30-17-16-27(36-32(30)33(41)42)24-15-14-23-9-7-18-40(29(23)21-24)34(43)37-35-39(3)28-12-4-5-13-31(28)46-35/h4-6,10-17,21-22,35H,7-9,18-20H2,1-3H3,(H,37,43)(H,41,42). The number of thioether (sulfide) groups is 1. The Morgan fingerprint density at radius 2 is 1.83 bits per heavy atom. The lowest BCUT2D eigenvalue weighted by atomic mass is 9.98. The first-order valence-electron chi connectivity index (χ1n) is 15.3. The van der Waals surface area contributed by atoms with Crippen LogP contribution in [0.25, 0.3) is 11.3 Å². The third-order valence-electron chi connectivity index (χ3n) is 8.04. The van der Waals surface area contributed by atoms with Crippen molar-refractivity contribution >= 4 is 40.8 Å². The molecule has 0 fully saturated rings. The van der Waals surface area contributed by atoms with Crippen LogP contribution >= 0.6 is 11.8 Å². The molecule has 2 amide bonds. The number of pyridine rings is 1. The quantitative estimate of drug-likeness (QED) is 0.192. The largest absolute Gasteiger partial charge is 0.493 e. The Morgan fingerprint density at radius 1 is 1.00 bits per heavy atom. The first-order valence-corrected chi connectivity index (χ1v) is 16.1. The molecule has 0 bridgehead atoms. The number of nitrogens with one attached hydrogen (secondary N) is 1. The number of aromatic carboxylic acids is 1. The second kappa shape index (κ2) is 13.6. The topological polar surface area (TPSA) is 107 Å². The van der Waals surface area contributed by atoms with E-state index >= 15 is 0 Å². The molecule has 10 nitrogen and oxygen atoms in total. The minimum atomic E-state index is -1.17. The van der Waals surface area contributed by atoms with Crippen molar-refractivity contribution in [3.05, 3.63) is 90.1 Å². The van der Waals surface area contributed by atoms with E-state index in [0.29, 0.717) is 25.3 Å². The molecule has 6 rings (SSSR count). The molecule has 4 aromatic rings. The first-order chi connectivity index (χ1) is 22.3. The SMILES string of the molecule is CN(C)c1cccc(OCCCOc2ccc(-c3ccc4c(c3)N(C(=O)NC3Sc5ccccc5N3C)CCC4)nc2C(=O)O)c1. The molecule has 2 aliphatic heterocycles. The molecular formula is C35H37N5O5S. The van der Waals surface area contributed by atoms with E-state index in [1.807, 2.05) is 86.7 Å². The van der Waals surface area contributed by atoms with E-state index in [1.165, 1.54) is 0 Å². The highest BCUT2D eigenvalue weighted by Crippen LogP contribution is 2.41. The molecule has 46 heavy (non-hydrogen) atoms. The molecule has 0 aliphatic carbocycles. The molecule has 1 aromatic heterocycles. The summed E-state index contributed by atoms with van der Waals surface area (Å²) < 4.78 is 11.7. The number of para-hydroxylation sites is 1. The van der Waals surface area contributed by atoms with Gasteiger partial charge in [-0.3, -0.25) is 4.90 Å². The fourth-order valence-corrected chi connectivity index (χ4v) is 6.75. The Morgan fingerprint density at radius 3 is 2.63 bits per heavy atom. The number of fused-ring (bicyclic) bond motifs is 2. The van der Waals surface area contributed by atoms with Crippen molar-refractivity contribution in [2.75, 3.05) is 55.6 Å². The lowest BCUT2D eigenvalue weighted by molar-refractivity contribution is 0.0685. The van der Waals surface area contributed by atoms with Crippen LogP contribution < -0.4 is 29.5 Å². The Hall–Kier alpha value is -4.90. The molecule has 11 heteroatoms. The number of benzene rings is 3. The highest BCUT2D eigenvalue weighted by molar-refractivity contribution is 8.00. The molecule has 0 spiro atoms. The summed E-state index contributed by atoms with van der Waals surface area (Å²) in [5, 5.41) is 13.1. The number of anilines is 3. The third kappa shape index (κ3) is 6.69. The Kier molecular flexibility index (Phi) is 9.20. The smallest absolute Gasteiger partial charge is 0.358 e. The maximum Gasteiger partial charge on any atom is 0.358 e. The zero-order chi connectivity index (χ0) is 32.2. The molecule has 2 aliphatic rings. The van der Waals surface area contributed by atoms with Gasteiger partial charge in [0.2, 0.25) is 0 Å². The van der Waals surface area contributed by atoms with E-state index in [0.717, 1.165) is 51.7 Å². The van der Waals surface area contributed by atoms with E-state index in [-0.39, 0.29) is 29.6 Å². The van der Waals surface area contributed by atoms with Crippen LogP contribution in [0, 0.1) is 0 Å². The monoisotopic (exact) mass is 639 g/mol. The van der Waals surface area contributed by atoms with E-state index in [2.05, 4.69) is 21.3 Å².